The lowest BCUT2D eigenvalue weighted by molar-refractivity contribution is -0.130. The van der Waals surface area contributed by atoms with E-state index in [-0.39, 0.29) is 12.2 Å². The van der Waals surface area contributed by atoms with E-state index in [1.807, 2.05) is 0 Å². The van der Waals surface area contributed by atoms with Crippen LogP contribution in [0.3, 0.4) is 0 Å². The molecule has 2 aromatic rings. The molecule has 2 heterocycles. The highest BCUT2D eigenvalue weighted by Crippen LogP contribution is 2.31. The number of thiazole rings is 1. The van der Waals surface area contributed by atoms with E-state index in [1.165, 1.54) is 23.5 Å². The number of anilines is 1. The molecule has 114 valence electrons. The summed E-state index contributed by atoms with van der Waals surface area (Å²) in [6.45, 7) is 0.288. The number of nitrogens with one attached hydrogen (secondary N) is 2. The molecule has 8 heteroatoms. The summed E-state index contributed by atoms with van der Waals surface area (Å²) >= 11 is 1.34. The van der Waals surface area contributed by atoms with E-state index in [9.17, 15) is 18.4 Å². The second-order valence-corrected chi connectivity index (χ2v) is 5.72. The third-order valence-corrected chi connectivity index (χ3v) is 4.35. The standard InChI is InChI=1S/C14H11F2N3O2S/c15-8-2-1-3-9(11(8)16)19-13(21)10-7(6-18-12(10)20)14-17-4-5-22-14/h1-5,7,10H,6H2,(H,18,20)(H,19,21)/t7-,10+/m0/s1. The lowest BCUT2D eigenvalue weighted by Gasteiger charge is -2.15. The first-order valence-electron chi connectivity index (χ1n) is 6.50. The van der Waals surface area contributed by atoms with Crippen LogP contribution in [0.2, 0.25) is 0 Å². The fraction of sp³-hybridized carbons (Fsp3) is 0.214. The number of nitrogens with zero attached hydrogens (tertiary/aromatic N) is 1. The van der Waals surface area contributed by atoms with Gasteiger partial charge in [0.15, 0.2) is 11.6 Å². The topological polar surface area (TPSA) is 71.1 Å². The van der Waals surface area contributed by atoms with E-state index in [0.29, 0.717) is 5.01 Å². The second-order valence-electron chi connectivity index (χ2n) is 4.79. The van der Waals surface area contributed by atoms with E-state index in [0.717, 1.165) is 6.07 Å². The number of rotatable bonds is 3. The molecule has 1 aromatic heterocycles. The SMILES string of the molecule is O=C1NC[C@H](c2nccs2)[C@H]1C(=O)Nc1cccc(F)c1F. The minimum atomic E-state index is -1.15. The third kappa shape index (κ3) is 2.57. The maximum absolute atomic E-state index is 13.6. The minimum absolute atomic E-state index is 0.288. The van der Waals surface area contributed by atoms with Crippen LogP contribution in [0.1, 0.15) is 10.9 Å². The highest BCUT2D eigenvalue weighted by Gasteiger charge is 2.42. The maximum atomic E-state index is 13.6. The predicted molar refractivity (Wildman–Crippen MR) is 76.3 cm³/mol. The van der Waals surface area contributed by atoms with Gasteiger partial charge in [-0.15, -0.1) is 11.3 Å². The van der Waals surface area contributed by atoms with Crippen LogP contribution in [0.15, 0.2) is 29.8 Å². The van der Waals surface area contributed by atoms with Crippen LogP contribution in [0.4, 0.5) is 14.5 Å². The molecule has 0 radical (unpaired) electrons. The summed E-state index contributed by atoms with van der Waals surface area (Å²) in [6.07, 6.45) is 1.59. The van der Waals surface area contributed by atoms with Crippen molar-refractivity contribution in [2.75, 3.05) is 11.9 Å². The van der Waals surface area contributed by atoms with Crippen molar-refractivity contribution < 1.29 is 18.4 Å². The molecule has 0 bridgehead atoms. The molecule has 5 nitrogen and oxygen atoms in total. The summed E-state index contributed by atoms with van der Waals surface area (Å²) in [6, 6.07) is 3.47. The van der Waals surface area contributed by atoms with Gasteiger partial charge in [-0.05, 0) is 12.1 Å². The Morgan fingerprint density at radius 2 is 2.23 bits per heavy atom. The lowest BCUT2D eigenvalue weighted by atomic mass is 9.95. The molecule has 1 fully saturated rings. The number of carbonyl (C=O) groups is 2. The zero-order valence-corrected chi connectivity index (χ0v) is 12.0. The summed E-state index contributed by atoms with van der Waals surface area (Å²) in [5, 5.41) is 7.28. The van der Waals surface area contributed by atoms with Crippen LogP contribution in [-0.4, -0.2) is 23.3 Å². The van der Waals surface area contributed by atoms with Crippen molar-refractivity contribution in [2.45, 2.75) is 5.92 Å². The van der Waals surface area contributed by atoms with Crippen LogP contribution in [0.25, 0.3) is 0 Å². The van der Waals surface area contributed by atoms with E-state index >= 15 is 0 Å². The summed E-state index contributed by atoms with van der Waals surface area (Å²) in [5.74, 6) is -4.78. The van der Waals surface area contributed by atoms with E-state index in [4.69, 9.17) is 0 Å². The molecule has 0 saturated carbocycles. The molecule has 0 unspecified atom stereocenters. The van der Waals surface area contributed by atoms with Crippen molar-refractivity contribution in [3.63, 3.8) is 0 Å². The zero-order valence-electron chi connectivity index (χ0n) is 11.2. The molecule has 1 aliphatic rings. The van der Waals surface area contributed by atoms with Crippen LogP contribution < -0.4 is 10.6 Å². The smallest absolute Gasteiger partial charge is 0.237 e. The number of halogens is 2. The number of hydrogen-bond donors (Lipinski definition) is 2. The Labute approximate surface area is 128 Å². The van der Waals surface area contributed by atoms with Gasteiger partial charge in [0.05, 0.1) is 10.7 Å². The van der Waals surface area contributed by atoms with E-state index in [1.54, 1.807) is 11.6 Å². The quantitative estimate of drug-likeness (QED) is 0.848. The Hall–Kier alpha value is -2.35. The number of amides is 2. The minimum Gasteiger partial charge on any atom is -0.355 e. The summed E-state index contributed by atoms with van der Waals surface area (Å²) < 4.78 is 26.8. The first-order chi connectivity index (χ1) is 10.6. The monoisotopic (exact) mass is 323 g/mol. The van der Waals surface area contributed by atoms with Gasteiger partial charge in [-0.3, -0.25) is 9.59 Å². The van der Waals surface area contributed by atoms with Gasteiger partial charge in [0, 0.05) is 24.0 Å². The van der Waals surface area contributed by atoms with Crippen LogP contribution >= 0.6 is 11.3 Å². The molecule has 1 aliphatic heterocycles. The lowest BCUT2D eigenvalue weighted by Crippen LogP contribution is -2.32. The van der Waals surface area contributed by atoms with Gasteiger partial charge in [0.25, 0.3) is 0 Å². The van der Waals surface area contributed by atoms with Crippen molar-refractivity contribution in [3.8, 4) is 0 Å². The molecule has 0 aliphatic carbocycles. The number of hydrogen-bond acceptors (Lipinski definition) is 4. The number of carbonyl (C=O) groups excluding carboxylic acids is 2. The Kier molecular flexibility index (Phi) is 3.84. The van der Waals surface area contributed by atoms with Gasteiger partial charge in [-0.25, -0.2) is 13.8 Å². The average molecular weight is 323 g/mol. The van der Waals surface area contributed by atoms with Gasteiger partial charge >= 0.3 is 0 Å². The average Bonchev–Trinajstić information content (AvgIpc) is 3.12. The Morgan fingerprint density at radius 3 is 2.95 bits per heavy atom. The molecule has 1 aromatic carbocycles. The molecular weight excluding hydrogens is 312 g/mol. The molecular formula is C14H11F2N3O2S. The molecule has 1 saturated heterocycles. The van der Waals surface area contributed by atoms with Crippen molar-refractivity contribution in [1.29, 1.82) is 0 Å². The fourth-order valence-corrected chi connectivity index (χ4v) is 3.16. The zero-order chi connectivity index (χ0) is 15.7. The number of aromatic nitrogens is 1. The highest BCUT2D eigenvalue weighted by molar-refractivity contribution is 7.09. The van der Waals surface area contributed by atoms with E-state index < -0.39 is 35.3 Å². The van der Waals surface area contributed by atoms with E-state index in [2.05, 4.69) is 15.6 Å². The number of benzene rings is 1. The fourth-order valence-electron chi connectivity index (χ4n) is 2.38. The summed E-state index contributed by atoms with van der Waals surface area (Å²) in [7, 11) is 0. The van der Waals surface area contributed by atoms with Gasteiger partial charge < -0.3 is 10.6 Å². The van der Waals surface area contributed by atoms with Crippen LogP contribution in [0, 0.1) is 17.6 Å². The first-order valence-corrected chi connectivity index (χ1v) is 7.38. The van der Waals surface area contributed by atoms with Crippen molar-refractivity contribution in [1.82, 2.24) is 10.3 Å². The van der Waals surface area contributed by atoms with Crippen molar-refractivity contribution >= 4 is 28.8 Å². The maximum Gasteiger partial charge on any atom is 0.237 e. The molecule has 2 atom stereocenters. The Bertz CT molecular complexity index is 721. The highest BCUT2D eigenvalue weighted by atomic mass is 32.1. The first kappa shape index (κ1) is 14.6. The molecule has 3 rings (SSSR count). The van der Waals surface area contributed by atoms with Gasteiger partial charge in [-0.2, -0.15) is 0 Å². The Balaban J connectivity index is 1.84. The Morgan fingerprint density at radius 1 is 1.41 bits per heavy atom. The largest absolute Gasteiger partial charge is 0.355 e. The molecule has 2 amide bonds. The summed E-state index contributed by atoms with van der Waals surface area (Å²) in [5.41, 5.74) is -0.289. The van der Waals surface area contributed by atoms with Gasteiger partial charge in [0.1, 0.15) is 5.92 Å². The molecule has 0 spiro atoms. The third-order valence-electron chi connectivity index (χ3n) is 3.44. The van der Waals surface area contributed by atoms with Crippen molar-refractivity contribution in [3.05, 3.63) is 46.4 Å². The molecule has 22 heavy (non-hydrogen) atoms. The van der Waals surface area contributed by atoms with Gasteiger partial charge in [0.2, 0.25) is 11.8 Å². The van der Waals surface area contributed by atoms with Crippen molar-refractivity contribution in [2.24, 2.45) is 5.92 Å². The molecule has 2 N–H and O–H groups in total. The predicted octanol–water partition coefficient (Wildman–Crippen LogP) is 1.89. The second kappa shape index (κ2) is 5.80. The normalized spacial score (nSPS) is 20.7. The van der Waals surface area contributed by atoms with Gasteiger partial charge in [-0.1, -0.05) is 6.07 Å². The van der Waals surface area contributed by atoms with Crippen LogP contribution in [-0.2, 0) is 9.59 Å². The summed E-state index contributed by atoms with van der Waals surface area (Å²) in [4.78, 5) is 28.3. The van der Waals surface area contributed by atoms with Crippen LogP contribution in [0.5, 0.6) is 0 Å².